The molecule has 6 heteroatoms. The second-order valence-corrected chi connectivity index (χ2v) is 9.24. The van der Waals surface area contributed by atoms with Crippen LogP contribution in [0.25, 0.3) is 0 Å². The highest BCUT2D eigenvalue weighted by molar-refractivity contribution is 5.85. The van der Waals surface area contributed by atoms with Crippen LogP contribution in [0.4, 0.5) is 4.39 Å². The Hall–Kier alpha value is -1.82. The molecule has 4 aliphatic carbocycles. The van der Waals surface area contributed by atoms with Crippen LogP contribution in [0.15, 0.2) is 18.2 Å². The first kappa shape index (κ1) is 18.5. The van der Waals surface area contributed by atoms with Gasteiger partial charge in [0.05, 0.1) is 7.11 Å². The molecule has 27 heavy (non-hydrogen) atoms. The number of carbonyl (C=O) groups is 1. The van der Waals surface area contributed by atoms with Crippen molar-refractivity contribution in [3.63, 3.8) is 0 Å². The standard InChI is InChI=1S/C21H29FN2O3/c1-20(2,27-16-5-4-15(22)8-17(16)26-3)19(25)24-18-13-6-12-7-14(18)11-21(23,9-12)10-13/h4-5,8,12-14,18H,6-7,9-11,23H2,1-3H3,(H,24,25)/t12?,13-,14+,18?,21?. The lowest BCUT2D eigenvalue weighted by Gasteiger charge is -2.59. The Labute approximate surface area is 159 Å². The van der Waals surface area contributed by atoms with Gasteiger partial charge >= 0.3 is 0 Å². The van der Waals surface area contributed by atoms with E-state index in [1.54, 1.807) is 13.8 Å². The van der Waals surface area contributed by atoms with E-state index in [2.05, 4.69) is 5.32 Å². The fourth-order valence-electron chi connectivity index (χ4n) is 5.70. The van der Waals surface area contributed by atoms with Crippen molar-refractivity contribution in [2.75, 3.05) is 7.11 Å². The summed E-state index contributed by atoms with van der Waals surface area (Å²) in [5, 5.41) is 3.25. The van der Waals surface area contributed by atoms with Crippen molar-refractivity contribution in [3.8, 4) is 11.5 Å². The van der Waals surface area contributed by atoms with Crippen LogP contribution in [-0.4, -0.2) is 30.2 Å². The first-order valence-corrected chi connectivity index (χ1v) is 9.81. The maximum Gasteiger partial charge on any atom is 0.263 e. The number of nitrogens with two attached hydrogens (primary N) is 1. The first-order chi connectivity index (χ1) is 12.7. The van der Waals surface area contributed by atoms with Crippen LogP contribution in [0.5, 0.6) is 11.5 Å². The number of nitrogens with one attached hydrogen (secondary N) is 1. The number of rotatable bonds is 5. The molecule has 5 rings (SSSR count). The van der Waals surface area contributed by atoms with Gasteiger partial charge in [-0.1, -0.05) is 0 Å². The number of carbonyl (C=O) groups excluding carboxylic acids is 1. The minimum absolute atomic E-state index is 0.0226. The van der Waals surface area contributed by atoms with E-state index in [9.17, 15) is 9.18 Å². The van der Waals surface area contributed by atoms with Crippen molar-refractivity contribution < 1.29 is 18.7 Å². The van der Waals surface area contributed by atoms with Gasteiger partial charge < -0.3 is 20.5 Å². The van der Waals surface area contributed by atoms with Crippen molar-refractivity contribution in [3.05, 3.63) is 24.0 Å². The van der Waals surface area contributed by atoms with E-state index in [4.69, 9.17) is 15.2 Å². The highest BCUT2D eigenvalue weighted by Gasteiger charge is 2.54. The highest BCUT2D eigenvalue weighted by atomic mass is 19.1. The minimum atomic E-state index is -1.10. The molecule has 5 nitrogen and oxygen atoms in total. The van der Waals surface area contributed by atoms with Gasteiger partial charge in [-0.2, -0.15) is 0 Å². The van der Waals surface area contributed by atoms with Crippen LogP contribution < -0.4 is 20.5 Å². The summed E-state index contributed by atoms with van der Waals surface area (Å²) in [6.07, 6.45) is 5.45. The van der Waals surface area contributed by atoms with Gasteiger partial charge in [0.15, 0.2) is 17.1 Å². The Morgan fingerprint density at radius 2 is 1.89 bits per heavy atom. The van der Waals surface area contributed by atoms with Gasteiger partial charge in [-0.15, -0.1) is 0 Å². The number of halogens is 1. The lowest BCUT2D eigenvalue weighted by atomic mass is 9.51. The fraction of sp³-hybridized carbons (Fsp3) is 0.667. The van der Waals surface area contributed by atoms with Crippen LogP contribution in [0, 0.1) is 23.6 Å². The molecule has 4 aliphatic rings. The Balaban J connectivity index is 1.46. The van der Waals surface area contributed by atoms with Crippen molar-refractivity contribution >= 4 is 5.91 Å². The van der Waals surface area contributed by atoms with E-state index >= 15 is 0 Å². The summed E-state index contributed by atoms with van der Waals surface area (Å²) in [5.41, 5.74) is 5.44. The number of hydrogen-bond donors (Lipinski definition) is 2. The summed E-state index contributed by atoms with van der Waals surface area (Å²) in [6, 6.07) is 4.21. The maximum atomic E-state index is 13.4. The Kier molecular flexibility index (Phi) is 4.37. The number of ether oxygens (including phenoxy) is 2. The average molecular weight is 376 g/mol. The normalized spacial score (nSPS) is 34.4. The van der Waals surface area contributed by atoms with Crippen LogP contribution in [-0.2, 0) is 4.79 Å². The molecular weight excluding hydrogens is 347 g/mol. The summed E-state index contributed by atoms with van der Waals surface area (Å²) in [5.74, 6) is 1.69. The van der Waals surface area contributed by atoms with E-state index in [0.29, 0.717) is 23.5 Å². The number of amides is 1. The Morgan fingerprint density at radius 3 is 2.48 bits per heavy atom. The van der Waals surface area contributed by atoms with Gasteiger partial charge in [-0.05, 0) is 75.8 Å². The van der Waals surface area contributed by atoms with Crippen molar-refractivity contribution in [2.45, 2.75) is 63.1 Å². The second kappa shape index (κ2) is 6.36. The third kappa shape index (κ3) is 3.40. The molecule has 1 aromatic carbocycles. The van der Waals surface area contributed by atoms with E-state index in [0.717, 1.165) is 32.1 Å². The molecule has 4 saturated carbocycles. The molecule has 0 aromatic heterocycles. The van der Waals surface area contributed by atoms with Crippen molar-refractivity contribution in [1.29, 1.82) is 0 Å². The van der Waals surface area contributed by atoms with E-state index in [1.807, 2.05) is 0 Å². The third-order valence-corrected chi connectivity index (χ3v) is 6.66. The molecule has 0 heterocycles. The predicted octanol–water partition coefficient (Wildman–Crippen LogP) is 3.01. The van der Waals surface area contributed by atoms with Crippen LogP contribution in [0.1, 0.15) is 46.0 Å². The van der Waals surface area contributed by atoms with Gasteiger partial charge in [0, 0.05) is 17.6 Å². The summed E-state index contributed by atoms with van der Waals surface area (Å²) >= 11 is 0. The van der Waals surface area contributed by atoms with Crippen LogP contribution >= 0.6 is 0 Å². The molecule has 4 bridgehead atoms. The van der Waals surface area contributed by atoms with Gasteiger partial charge in [0.2, 0.25) is 0 Å². The summed E-state index contributed by atoms with van der Waals surface area (Å²) in [4.78, 5) is 13.0. The van der Waals surface area contributed by atoms with Gasteiger partial charge in [-0.3, -0.25) is 4.79 Å². The Bertz CT molecular complexity index is 735. The highest BCUT2D eigenvalue weighted by Crippen LogP contribution is 2.54. The van der Waals surface area contributed by atoms with E-state index in [1.165, 1.54) is 25.3 Å². The van der Waals surface area contributed by atoms with Crippen molar-refractivity contribution in [1.82, 2.24) is 5.32 Å². The molecule has 4 fully saturated rings. The van der Waals surface area contributed by atoms with Crippen molar-refractivity contribution in [2.24, 2.45) is 23.5 Å². The molecule has 0 spiro atoms. The van der Waals surface area contributed by atoms with E-state index < -0.39 is 11.4 Å². The number of hydrogen-bond acceptors (Lipinski definition) is 4. The smallest absolute Gasteiger partial charge is 0.263 e. The van der Waals surface area contributed by atoms with Gasteiger partial charge in [0.1, 0.15) is 5.82 Å². The molecule has 3 unspecified atom stereocenters. The van der Waals surface area contributed by atoms with Crippen LogP contribution in [0.2, 0.25) is 0 Å². The molecule has 1 aromatic rings. The SMILES string of the molecule is COc1cc(F)ccc1OC(C)(C)C(=O)NC1[C@@H]2CC3C[C@H]1CC(N)(C3)C2. The molecule has 148 valence electrons. The molecule has 3 N–H and O–H groups in total. The quantitative estimate of drug-likeness (QED) is 0.829. The second-order valence-electron chi connectivity index (χ2n) is 9.24. The molecule has 0 aliphatic heterocycles. The lowest BCUT2D eigenvalue weighted by molar-refractivity contribution is -0.138. The summed E-state index contributed by atoms with van der Waals surface area (Å²) < 4.78 is 24.5. The zero-order valence-corrected chi connectivity index (χ0v) is 16.3. The maximum absolute atomic E-state index is 13.4. The van der Waals surface area contributed by atoms with Gasteiger partial charge in [-0.25, -0.2) is 4.39 Å². The number of methoxy groups -OCH3 is 1. The number of benzene rings is 1. The molecule has 0 radical (unpaired) electrons. The van der Waals surface area contributed by atoms with Gasteiger partial charge in [0.25, 0.3) is 5.91 Å². The summed E-state index contributed by atoms with van der Waals surface area (Å²) in [7, 11) is 1.45. The molecule has 0 saturated heterocycles. The topological polar surface area (TPSA) is 73.6 Å². The molecular formula is C21H29FN2O3. The average Bonchev–Trinajstić information content (AvgIpc) is 2.57. The van der Waals surface area contributed by atoms with Crippen LogP contribution in [0.3, 0.4) is 0 Å². The third-order valence-electron chi connectivity index (χ3n) is 6.66. The fourth-order valence-corrected chi connectivity index (χ4v) is 5.70. The molecule has 5 atom stereocenters. The monoisotopic (exact) mass is 376 g/mol. The largest absolute Gasteiger partial charge is 0.493 e. The zero-order chi connectivity index (χ0) is 19.4. The lowest BCUT2D eigenvalue weighted by Crippen LogP contribution is -2.66. The van der Waals surface area contributed by atoms with E-state index in [-0.39, 0.29) is 23.2 Å². The predicted molar refractivity (Wildman–Crippen MR) is 100 cm³/mol. The minimum Gasteiger partial charge on any atom is -0.493 e. The zero-order valence-electron chi connectivity index (χ0n) is 16.3. The first-order valence-electron chi connectivity index (χ1n) is 9.81. The molecule has 1 amide bonds. The Morgan fingerprint density at radius 1 is 1.22 bits per heavy atom. The summed E-state index contributed by atoms with van der Waals surface area (Å²) in [6.45, 7) is 3.46.